The van der Waals surface area contributed by atoms with Gasteiger partial charge in [-0.1, -0.05) is 51.1 Å². The summed E-state index contributed by atoms with van der Waals surface area (Å²) in [6.45, 7) is 6.76. The molecule has 2 rings (SSSR count). The first-order valence-electron chi connectivity index (χ1n) is 7.71. The van der Waals surface area contributed by atoms with Gasteiger partial charge in [0.05, 0.1) is 10.7 Å². The molecule has 0 aliphatic rings. The van der Waals surface area contributed by atoms with E-state index in [9.17, 15) is 4.79 Å². The number of thiazole rings is 1. The molecular formula is C18H23NO2S. The van der Waals surface area contributed by atoms with Crippen LogP contribution in [0.4, 0.5) is 0 Å². The molecule has 3 nitrogen and oxygen atoms in total. The molecule has 1 aromatic heterocycles. The zero-order chi connectivity index (χ0) is 15.9. The third kappa shape index (κ3) is 4.95. The van der Waals surface area contributed by atoms with Gasteiger partial charge in [0, 0.05) is 17.7 Å². The Bertz CT molecular complexity index is 592. The number of rotatable bonds is 7. The average molecular weight is 317 g/mol. The second-order valence-electron chi connectivity index (χ2n) is 5.85. The number of hydrogen-bond donors (Lipinski definition) is 0. The Hall–Kier alpha value is -1.68. The lowest BCUT2D eigenvalue weighted by Crippen LogP contribution is -2.06. The summed E-state index contributed by atoms with van der Waals surface area (Å²) >= 11 is 1.68. The van der Waals surface area contributed by atoms with Crippen LogP contribution in [0.25, 0.3) is 0 Å². The highest BCUT2D eigenvalue weighted by molar-refractivity contribution is 7.09. The van der Waals surface area contributed by atoms with Gasteiger partial charge in [0.25, 0.3) is 0 Å². The zero-order valence-corrected chi connectivity index (χ0v) is 14.2. The van der Waals surface area contributed by atoms with Crippen molar-refractivity contribution < 1.29 is 9.53 Å². The van der Waals surface area contributed by atoms with E-state index in [0.29, 0.717) is 24.9 Å². The van der Waals surface area contributed by atoms with E-state index in [1.807, 2.05) is 30.3 Å². The molecular weight excluding hydrogens is 294 g/mol. The molecule has 0 radical (unpaired) electrons. The predicted molar refractivity (Wildman–Crippen MR) is 90.1 cm³/mol. The van der Waals surface area contributed by atoms with E-state index < -0.39 is 0 Å². The molecule has 2 aromatic rings. The molecule has 1 atom stereocenters. The van der Waals surface area contributed by atoms with Crippen molar-refractivity contribution in [1.82, 2.24) is 4.98 Å². The third-order valence-electron chi connectivity index (χ3n) is 3.58. The van der Waals surface area contributed by atoms with Crippen LogP contribution in [-0.4, -0.2) is 11.0 Å². The lowest BCUT2D eigenvalue weighted by molar-refractivity contribution is -0.145. The highest BCUT2D eigenvalue weighted by Crippen LogP contribution is 2.27. The molecule has 0 amide bonds. The molecule has 4 heteroatoms. The van der Waals surface area contributed by atoms with Crippen LogP contribution in [-0.2, 0) is 16.1 Å². The average Bonchev–Trinajstić information content (AvgIpc) is 3.02. The van der Waals surface area contributed by atoms with E-state index in [1.54, 1.807) is 11.3 Å². The van der Waals surface area contributed by atoms with Gasteiger partial charge < -0.3 is 4.74 Å². The van der Waals surface area contributed by atoms with Gasteiger partial charge in [-0.05, 0) is 17.9 Å². The van der Waals surface area contributed by atoms with Crippen LogP contribution in [0.3, 0.4) is 0 Å². The molecule has 0 aliphatic carbocycles. The smallest absolute Gasteiger partial charge is 0.306 e. The number of aromatic nitrogens is 1. The molecule has 0 fully saturated rings. The lowest BCUT2D eigenvalue weighted by Gasteiger charge is -2.09. The lowest BCUT2D eigenvalue weighted by atomic mass is 10.1. The monoisotopic (exact) mass is 317 g/mol. The highest BCUT2D eigenvalue weighted by atomic mass is 32.1. The van der Waals surface area contributed by atoms with Crippen molar-refractivity contribution >= 4 is 17.3 Å². The Balaban J connectivity index is 1.75. The van der Waals surface area contributed by atoms with Crippen molar-refractivity contribution in [3.05, 3.63) is 52.0 Å². The summed E-state index contributed by atoms with van der Waals surface area (Å²) < 4.78 is 5.30. The molecule has 0 saturated carbocycles. The first-order valence-corrected chi connectivity index (χ1v) is 8.59. The fraction of sp³-hybridized carbons (Fsp3) is 0.444. The second-order valence-corrected chi connectivity index (χ2v) is 6.74. The number of carbonyl (C=O) groups excluding carboxylic acids is 1. The summed E-state index contributed by atoms with van der Waals surface area (Å²) in [7, 11) is 0. The Morgan fingerprint density at radius 2 is 1.95 bits per heavy atom. The quantitative estimate of drug-likeness (QED) is 0.682. The first-order chi connectivity index (χ1) is 10.6. The number of benzene rings is 1. The van der Waals surface area contributed by atoms with Gasteiger partial charge in [-0.2, -0.15) is 0 Å². The fourth-order valence-corrected chi connectivity index (χ4v) is 3.13. The molecule has 0 bridgehead atoms. The van der Waals surface area contributed by atoms with Crippen LogP contribution >= 0.6 is 11.3 Å². The molecule has 0 N–H and O–H groups in total. The van der Waals surface area contributed by atoms with Crippen molar-refractivity contribution in [2.24, 2.45) is 0 Å². The predicted octanol–water partition coefficient (Wildman–Crippen LogP) is 4.89. The number of esters is 1. The van der Waals surface area contributed by atoms with Gasteiger partial charge in [0.15, 0.2) is 0 Å². The van der Waals surface area contributed by atoms with Gasteiger partial charge in [-0.25, -0.2) is 4.98 Å². The van der Waals surface area contributed by atoms with Gasteiger partial charge in [-0.15, -0.1) is 11.3 Å². The maximum atomic E-state index is 11.8. The molecule has 1 aromatic carbocycles. The summed E-state index contributed by atoms with van der Waals surface area (Å²) in [5.41, 5.74) is 2.16. The van der Waals surface area contributed by atoms with Crippen LogP contribution in [0, 0.1) is 0 Å². The van der Waals surface area contributed by atoms with Crippen molar-refractivity contribution in [3.63, 3.8) is 0 Å². The van der Waals surface area contributed by atoms with Crippen molar-refractivity contribution in [1.29, 1.82) is 0 Å². The largest absolute Gasteiger partial charge is 0.461 e. The third-order valence-corrected chi connectivity index (χ3v) is 4.67. The molecule has 22 heavy (non-hydrogen) atoms. The van der Waals surface area contributed by atoms with Crippen LogP contribution in [0.5, 0.6) is 0 Å². The molecule has 0 spiro atoms. The summed E-state index contributed by atoms with van der Waals surface area (Å²) in [5, 5.41) is 3.23. The molecule has 0 saturated heterocycles. The van der Waals surface area contributed by atoms with Crippen LogP contribution < -0.4 is 0 Å². The maximum absolute atomic E-state index is 11.8. The van der Waals surface area contributed by atoms with Crippen molar-refractivity contribution in [3.8, 4) is 0 Å². The summed E-state index contributed by atoms with van der Waals surface area (Å²) in [4.78, 5) is 16.5. The van der Waals surface area contributed by atoms with Crippen LogP contribution in [0.15, 0.2) is 35.7 Å². The van der Waals surface area contributed by atoms with Gasteiger partial charge >= 0.3 is 5.97 Å². The van der Waals surface area contributed by atoms with E-state index in [-0.39, 0.29) is 5.97 Å². The summed E-state index contributed by atoms with van der Waals surface area (Å²) in [6, 6.07) is 9.75. The standard InChI is InChI=1S/C18H23NO2S/c1-13(2)16-12-22-18(19-16)14(3)9-10-17(20)21-11-15-7-5-4-6-8-15/h4-8,12-14H,9-11H2,1-3H3. The van der Waals surface area contributed by atoms with E-state index >= 15 is 0 Å². The molecule has 118 valence electrons. The van der Waals surface area contributed by atoms with E-state index in [1.165, 1.54) is 0 Å². The maximum Gasteiger partial charge on any atom is 0.306 e. The topological polar surface area (TPSA) is 39.2 Å². The zero-order valence-electron chi connectivity index (χ0n) is 13.4. The fourth-order valence-electron chi connectivity index (χ4n) is 2.06. The summed E-state index contributed by atoms with van der Waals surface area (Å²) in [5.74, 6) is 0.603. The normalized spacial score (nSPS) is 12.4. The number of nitrogens with zero attached hydrogens (tertiary/aromatic N) is 1. The minimum absolute atomic E-state index is 0.142. The van der Waals surface area contributed by atoms with E-state index in [2.05, 4.69) is 31.1 Å². The SMILES string of the molecule is CC(C)c1csc(C(C)CCC(=O)OCc2ccccc2)n1. The minimum atomic E-state index is -0.142. The van der Waals surface area contributed by atoms with Gasteiger partial charge in [0.2, 0.25) is 0 Å². The Labute approximate surface area is 136 Å². The van der Waals surface area contributed by atoms with E-state index in [4.69, 9.17) is 4.74 Å². The van der Waals surface area contributed by atoms with Gasteiger partial charge in [0.1, 0.15) is 6.61 Å². The van der Waals surface area contributed by atoms with Crippen LogP contribution in [0.2, 0.25) is 0 Å². The van der Waals surface area contributed by atoms with Crippen molar-refractivity contribution in [2.75, 3.05) is 0 Å². The minimum Gasteiger partial charge on any atom is -0.461 e. The van der Waals surface area contributed by atoms with Crippen LogP contribution in [0.1, 0.15) is 61.7 Å². The number of hydrogen-bond acceptors (Lipinski definition) is 4. The number of ether oxygens (including phenoxy) is 1. The van der Waals surface area contributed by atoms with E-state index in [0.717, 1.165) is 22.7 Å². The Morgan fingerprint density at radius 1 is 1.23 bits per heavy atom. The molecule has 1 heterocycles. The van der Waals surface area contributed by atoms with Crippen molar-refractivity contribution in [2.45, 2.75) is 52.1 Å². The second kappa shape index (κ2) is 8.08. The Kier molecular flexibility index (Phi) is 6.13. The number of carbonyl (C=O) groups is 1. The highest BCUT2D eigenvalue weighted by Gasteiger charge is 2.14. The Morgan fingerprint density at radius 3 is 2.59 bits per heavy atom. The first kappa shape index (κ1) is 16.7. The summed E-state index contributed by atoms with van der Waals surface area (Å²) in [6.07, 6.45) is 1.21. The van der Waals surface area contributed by atoms with Gasteiger partial charge in [-0.3, -0.25) is 4.79 Å². The molecule has 0 aliphatic heterocycles. The molecule has 1 unspecified atom stereocenters.